The van der Waals surface area contributed by atoms with Crippen LogP contribution in [0.1, 0.15) is 32.6 Å². The van der Waals surface area contributed by atoms with Gasteiger partial charge < -0.3 is 21.5 Å². The number of aliphatic carboxylic acids is 1. The Balaban J connectivity index is 3.45. The standard InChI is InChI=1S/C10H19N3O4/c1-7(9(11)16)13-10(17)12-6-4-2-3-5-8(14)15/h7H,2-6H2,1H3,(H2,11,16)(H,14,15)(H2,12,13,17). The first-order chi connectivity index (χ1) is 7.93. The number of carbonyl (C=O) groups excluding carboxylic acids is 2. The number of carbonyl (C=O) groups is 3. The number of rotatable bonds is 8. The molecule has 0 aromatic heterocycles. The van der Waals surface area contributed by atoms with Gasteiger partial charge in [-0.2, -0.15) is 0 Å². The lowest BCUT2D eigenvalue weighted by molar-refractivity contribution is -0.137. The maximum atomic E-state index is 11.2. The molecule has 0 radical (unpaired) electrons. The predicted octanol–water partition coefficient (Wildman–Crippen LogP) is -0.196. The van der Waals surface area contributed by atoms with Gasteiger partial charge in [0.05, 0.1) is 0 Å². The summed E-state index contributed by atoms with van der Waals surface area (Å²) in [5.41, 5.74) is 4.97. The van der Waals surface area contributed by atoms with E-state index in [0.717, 1.165) is 6.42 Å². The first kappa shape index (κ1) is 15.2. The third-order valence-electron chi connectivity index (χ3n) is 2.13. The third kappa shape index (κ3) is 9.16. The van der Waals surface area contributed by atoms with Crippen LogP contribution in [0.25, 0.3) is 0 Å². The molecule has 0 rings (SSSR count). The predicted molar refractivity (Wildman–Crippen MR) is 61.3 cm³/mol. The summed E-state index contributed by atoms with van der Waals surface area (Å²) >= 11 is 0. The minimum atomic E-state index is -0.814. The number of carboxylic acids is 1. The van der Waals surface area contributed by atoms with Gasteiger partial charge in [-0.15, -0.1) is 0 Å². The maximum Gasteiger partial charge on any atom is 0.315 e. The molecule has 0 saturated carbocycles. The summed E-state index contributed by atoms with van der Waals surface area (Å²) < 4.78 is 0. The van der Waals surface area contributed by atoms with Gasteiger partial charge in [-0.3, -0.25) is 9.59 Å². The molecule has 0 aromatic carbocycles. The lowest BCUT2D eigenvalue weighted by atomic mass is 10.2. The summed E-state index contributed by atoms with van der Waals surface area (Å²) in [6.45, 7) is 1.94. The van der Waals surface area contributed by atoms with E-state index in [4.69, 9.17) is 10.8 Å². The van der Waals surface area contributed by atoms with Crippen molar-refractivity contribution in [3.05, 3.63) is 0 Å². The van der Waals surface area contributed by atoms with E-state index >= 15 is 0 Å². The summed E-state index contributed by atoms with van der Waals surface area (Å²) in [7, 11) is 0. The number of nitrogens with one attached hydrogen (secondary N) is 2. The first-order valence-electron chi connectivity index (χ1n) is 5.49. The maximum absolute atomic E-state index is 11.2. The van der Waals surface area contributed by atoms with Crippen molar-refractivity contribution in [3.8, 4) is 0 Å². The molecule has 1 unspecified atom stereocenters. The molecule has 17 heavy (non-hydrogen) atoms. The van der Waals surface area contributed by atoms with Crippen molar-refractivity contribution >= 4 is 17.9 Å². The number of amides is 3. The van der Waals surface area contributed by atoms with Crippen LogP contribution in [-0.2, 0) is 9.59 Å². The Kier molecular flexibility index (Phi) is 7.49. The molecule has 1 atom stereocenters. The Hall–Kier alpha value is -1.79. The van der Waals surface area contributed by atoms with E-state index in [1.54, 1.807) is 0 Å². The highest BCUT2D eigenvalue weighted by Gasteiger charge is 2.10. The number of hydrogen-bond acceptors (Lipinski definition) is 3. The topological polar surface area (TPSA) is 122 Å². The number of carboxylic acid groups (broad SMARTS) is 1. The molecule has 0 aromatic rings. The van der Waals surface area contributed by atoms with Crippen LogP contribution in [0.15, 0.2) is 0 Å². The van der Waals surface area contributed by atoms with E-state index in [2.05, 4.69) is 10.6 Å². The van der Waals surface area contributed by atoms with Gasteiger partial charge in [0.1, 0.15) is 6.04 Å². The summed E-state index contributed by atoms with van der Waals surface area (Å²) in [6, 6.07) is -1.16. The zero-order valence-electron chi connectivity index (χ0n) is 9.86. The molecule has 0 saturated heterocycles. The lowest BCUT2D eigenvalue weighted by Gasteiger charge is -2.11. The number of hydrogen-bond donors (Lipinski definition) is 4. The van der Waals surface area contributed by atoms with E-state index in [0.29, 0.717) is 19.4 Å². The molecule has 98 valence electrons. The number of unbranched alkanes of at least 4 members (excludes halogenated alkanes) is 2. The van der Waals surface area contributed by atoms with Gasteiger partial charge >= 0.3 is 12.0 Å². The molecular weight excluding hydrogens is 226 g/mol. The van der Waals surface area contributed by atoms with Crippen LogP contribution < -0.4 is 16.4 Å². The molecule has 0 fully saturated rings. The van der Waals surface area contributed by atoms with Gasteiger partial charge in [0.15, 0.2) is 0 Å². The molecular formula is C10H19N3O4. The average molecular weight is 245 g/mol. The monoisotopic (exact) mass is 245 g/mol. The Bertz CT molecular complexity index is 281. The average Bonchev–Trinajstić information content (AvgIpc) is 2.22. The molecule has 0 aliphatic heterocycles. The third-order valence-corrected chi connectivity index (χ3v) is 2.13. The molecule has 3 amide bonds. The van der Waals surface area contributed by atoms with Crippen molar-refractivity contribution < 1.29 is 19.5 Å². The largest absolute Gasteiger partial charge is 0.481 e. The Morgan fingerprint density at radius 1 is 1.24 bits per heavy atom. The van der Waals surface area contributed by atoms with Crippen molar-refractivity contribution in [1.29, 1.82) is 0 Å². The highest BCUT2D eigenvalue weighted by atomic mass is 16.4. The number of nitrogens with two attached hydrogens (primary N) is 1. The lowest BCUT2D eigenvalue weighted by Crippen LogP contribution is -2.46. The minimum absolute atomic E-state index is 0.144. The minimum Gasteiger partial charge on any atom is -0.481 e. The molecule has 0 bridgehead atoms. The number of urea groups is 1. The van der Waals surface area contributed by atoms with Crippen LogP contribution in [0.5, 0.6) is 0 Å². The van der Waals surface area contributed by atoms with E-state index in [1.807, 2.05) is 0 Å². The first-order valence-corrected chi connectivity index (χ1v) is 5.49. The van der Waals surface area contributed by atoms with Crippen molar-refractivity contribution in [2.24, 2.45) is 5.73 Å². The smallest absolute Gasteiger partial charge is 0.315 e. The molecule has 0 aliphatic carbocycles. The zero-order chi connectivity index (χ0) is 13.3. The van der Waals surface area contributed by atoms with Gasteiger partial charge in [-0.1, -0.05) is 6.42 Å². The summed E-state index contributed by atoms with van der Waals surface area (Å²) in [5.74, 6) is -1.41. The van der Waals surface area contributed by atoms with E-state index in [9.17, 15) is 14.4 Å². The highest BCUT2D eigenvalue weighted by molar-refractivity contribution is 5.85. The highest BCUT2D eigenvalue weighted by Crippen LogP contribution is 1.98. The van der Waals surface area contributed by atoms with Crippen molar-refractivity contribution in [3.63, 3.8) is 0 Å². The van der Waals surface area contributed by atoms with Crippen LogP contribution in [0, 0.1) is 0 Å². The second kappa shape index (κ2) is 8.37. The molecule has 7 heteroatoms. The Morgan fingerprint density at radius 2 is 1.88 bits per heavy atom. The summed E-state index contributed by atoms with van der Waals surface area (Å²) in [6.07, 6.45) is 2.17. The van der Waals surface area contributed by atoms with Crippen LogP contribution in [0.3, 0.4) is 0 Å². The summed E-state index contributed by atoms with van der Waals surface area (Å²) in [5, 5.41) is 13.3. The molecule has 0 aliphatic rings. The van der Waals surface area contributed by atoms with Crippen LogP contribution in [-0.4, -0.2) is 35.6 Å². The van der Waals surface area contributed by atoms with Crippen molar-refractivity contribution in [1.82, 2.24) is 10.6 Å². The molecule has 0 heterocycles. The normalized spacial score (nSPS) is 11.6. The van der Waals surface area contributed by atoms with Crippen LogP contribution >= 0.6 is 0 Å². The SMILES string of the molecule is CC(NC(=O)NCCCCCC(=O)O)C(N)=O. The molecule has 7 nitrogen and oxygen atoms in total. The van der Waals surface area contributed by atoms with Gasteiger partial charge in [0.25, 0.3) is 0 Å². The van der Waals surface area contributed by atoms with Gasteiger partial charge in [0, 0.05) is 13.0 Å². The van der Waals surface area contributed by atoms with Crippen LogP contribution in [0.4, 0.5) is 4.79 Å². The number of primary amides is 1. The van der Waals surface area contributed by atoms with E-state index in [-0.39, 0.29) is 6.42 Å². The van der Waals surface area contributed by atoms with Gasteiger partial charge in [0.2, 0.25) is 5.91 Å². The van der Waals surface area contributed by atoms with Gasteiger partial charge in [-0.25, -0.2) is 4.79 Å². The fourth-order valence-corrected chi connectivity index (χ4v) is 1.10. The molecule has 0 spiro atoms. The Labute approximate surface area is 99.7 Å². The second-order valence-corrected chi connectivity index (χ2v) is 3.73. The second-order valence-electron chi connectivity index (χ2n) is 3.73. The Morgan fingerprint density at radius 3 is 2.41 bits per heavy atom. The van der Waals surface area contributed by atoms with Crippen LogP contribution in [0.2, 0.25) is 0 Å². The van der Waals surface area contributed by atoms with Crippen molar-refractivity contribution in [2.75, 3.05) is 6.54 Å². The summed E-state index contributed by atoms with van der Waals surface area (Å²) in [4.78, 5) is 32.0. The quantitative estimate of drug-likeness (QED) is 0.442. The molecule has 5 N–H and O–H groups in total. The van der Waals surface area contributed by atoms with E-state index in [1.165, 1.54) is 6.92 Å². The van der Waals surface area contributed by atoms with Crippen molar-refractivity contribution in [2.45, 2.75) is 38.6 Å². The fraction of sp³-hybridized carbons (Fsp3) is 0.700. The van der Waals surface area contributed by atoms with E-state index < -0.39 is 23.9 Å². The zero-order valence-corrected chi connectivity index (χ0v) is 9.86. The van der Waals surface area contributed by atoms with Gasteiger partial charge in [-0.05, 0) is 19.8 Å². The fourth-order valence-electron chi connectivity index (χ4n) is 1.10.